The maximum atomic E-state index is 12.2. The average Bonchev–Trinajstić information content (AvgIpc) is 2.44. The van der Waals surface area contributed by atoms with Gasteiger partial charge in [0, 0.05) is 32.4 Å². The van der Waals surface area contributed by atoms with E-state index in [0.29, 0.717) is 24.5 Å². The van der Waals surface area contributed by atoms with Crippen LogP contribution in [0.25, 0.3) is 0 Å². The van der Waals surface area contributed by atoms with Gasteiger partial charge in [0.05, 0.1) is 12.0 Å². The van der Waals surface area contributed by atoms with Crippen LogP contribution in [0.1, 0.15) is 12.5 Å². The van der Waals surface area contributed by atoms with Crippen molar-refractivity contribution in [1.29, 1.82) is 0 Å². The minimum atomic E-state index is -3.55. The fraction of sp³-hybridized carbons (Fsp3) is 0.538. The Morgan fingerprint density at radius 2 is 2.05 bits per heavy atom. The van der Waals surface area contributed by atoms with Gasteiger partial charge in [-0.05, 0) is 24.1 Å². The summed E-state index contributed by atoms with van der Waals surface area (Å²) in [5, 5.41) is 0. The summed E-state index contributed by atoms with van der Waals surface area (Å²) in [6.45, 7) is 2.94. The van der Waals surface area contributed by atoms with Gasteiger partial charge in [0.25, 0.3) is 0 Å². The molecule has 1 aromatic carbocycles. The summed E-state index contributed by atoms with van der Waals surface area (Å²) < 4.78 is 37.0. The number of benzene rings is 1. The van der Waals surface area contributed by atoms with E-state index in [2.05, 4.69) is 4.72 Å². The minimum absolute atomic E-state index is 0.0991. The van der Waals surface area contributed by atoms with Gasteiger partial charge in [-0.3, -0.25) is 0 Å². The molecule has 20 heavy (non-hydrogen) atoms. The normalized spacial score (nSPS) is 13.2. The molecule has 1 atom stereocenters. The van der Waals surface area contributed by atoms with Gasteiger partial charge in [0.2, 0.25) is 10.0 Å². The van der Waals surface area contributed by atoms with Crippen LogP contribution in [0.4, 0.5) is 0 Å². The lowest BCUT2D eigenvalue weighted by molar-refractivity contribution is 0.161. The molecule has 0 aromatic heterocycles. The smallest absolute Gasteiger partial charge is 0.240 e. The molecule has 0 spiro atoms. The predicted octanol–water partition coefficient (Wildman–Crippen LogP) is 0.715. The molecule has 114 valence electrons. The SMILES string of the molecule is COCC(C)CNS(=O)(=O)c1ccc(OC)c(CN)c1. The van der Waals surface area contributed by atoms with Crippen LogP contribution in [-0.2, 0) is 21.3 Å². The summed E-state index contributed by atoms with van der Waals surface area (Å²) in [6.07, 6.45) is 0. The Hall–Kier alpha value is -1.15. The number of nitrogens with one attached hydrogen (secondary N) is 1. The van der Waals surface area contributed by atoms with E-state index in [1.54, 1.807) is 13.2 Å². The summed E-state index contributed by atoms with van der Waals surface area (Å²) in [6, 6.07) is 4.64. The third-order valence-corrected chi connectivity index (χ3v) is 4.28. The lowest BCUT2D eigenvalue weighted by Gasteiger charge is -2.13. The van der Waals surface area contributed by atoms with Gasteiger partial charge in [-0.15, -0.1) is 0 Å². The zero-order valence-corrected chi connectivity index (χ0v) is 12.9. The third kappa shape index (κ3) is 4.45. The molecule has 0 aliphatic carbocycles. The van der Waals surface area contributed by atoms with Gasteiger partial charge in [-0.25, -0.2) is 13.1 Å². The molecule has 7 heteroatoms. The predicted molar refractivity (Wildman–Crippen MR) is 77.1 cm³/mol. The summed E-state index contributed by atoms with van der Waals surface area (Å²) in [5.41, 5.74) is 6.24. The third-order valence-electron chi connectivity index (χ3n) is 2.86. The number of nitrogens with two attached hydrogens (primary N) is 1. The molecule has 1 aromatic rings. The van der Waals surface area contributed by atoms with Crippen molar-refractivity contribution in [3.63, 3.8) is 0 Å². The molecule has 0 fully saturated rings. The molecule has 0 radical (unpaired) electrons. The molecule has 1 rings (SSSR count). The summed E-state index contributed by atoms with van der Waals surface area (Å²) in [7, 11) is -0.441. The van der Waals surface area contributed by atoms with Crippen molar-refractivity contribution in [2.24, 2.45) is 11.7 Å². The standard InChI is InChI=1S/C13H22N2O4S/c1-10(9-18-2)8-15-20(16,17)12-4-5-13(19-3)11(6-12)7-14/h4-6,10,15H,7-9,14H2,1-3H3. The van der Waals surface area contributed by atoms with E-state index >= 15 is 0 Å². The number of ether oxygens (including phenoxy) is 2. The van der Waals surface area contributed by atoms with E-state index in [9.17, 15) is 8.42 Å². The molecule has 0 saturated carbocycles. The fourth-order valence-corrected chi connectivity index (χ4v) is 2.98. The molecule has 0 bridgehead atoms. The van der Waals surface area contributed by atoms with Gasteiger partial charge < -0.3 is 15.2 Å². The molecule has 0 saturated heterocycles. The number of rotatable bonds is 8. The van der Waals surface area contributed by atoms with Crippen molar-refractivity contribution in [1.82, 2.24) is 4.72 Å². The molecule has 0 amide bonds. The first-order valence-corrected chi connectivity index (χ1v) is 7.78. The largest absolute Gasteiger partial charge is 0.496 e. The highest BCUT2D eigenvalue weighted by Crippen LogP contribution is 2.21. The van der Waals surface area contributed by atoms with Crippen LogP contribution in [-0.4, -0.2) is 35.8 Å². The van der Waals surface area contributed by atoms with Crippen molar-refractivity contribution in [2.45, 2.75) is 18.4 Å². The molecule has 6 nitrogen and oxygen atoms in total. The average molecular weight is 302 g/mol. The maximum absolute atomic E-state index is 12.2. The lowest BCUT2D eigenvalue weighted by Crippen LogP contribution is -2.30. The van der Waals surface area contributed by atoms with Crippen molar-refractivity contribution in [3.8, 4) is 5.75 Å². The van der Waals surface area contributed by atoms with E-state index in [-0.39, 0.29) is 17.4 Å². The Balaban J connectivity index is 2.87. The van der Waals surface area contributed by atoms with Gasteiger partial charge in [-0.1, -0.05) is 6.92 Å². The zero-order chi connectivity index (χ0) is 15.2. The Morgan fingerprint density at radius 3 is 2.60 bits per heavy atom. The summed E-state index contributed by atoms with van der Waals surface area (Å²) in [5.74, 6) is 0.682. The molecular formula is C13H22N2O4S. The zero-order valence-electron chi connectivity index (χ0n) is 12.0. The number of hydrogen-bond donors (Lipinski definition) is 2. The van der Waals surface area contributed by atoms with Gasteiger partial charge in [-0.2, -0.15) is 0 Å². The molecule has 0 heterocycles. The fourth-order valence-electron chi connectivity index (χ4n) is 1.76. The van der Waals surface area contributed by atoms with Crippen molar-refractivity contribution < 1.29 is 17.9 Å². The number of sulfonamides is 1. The first kappa shape index (κ1) is 16.9. The minimum Gasteiger partial charge on any atom is -0.496 e. The second-order valence-corrected chi connectivity index (χ2v) is 6.36. The molecule has 0 aliphatic heterocycles. The van der Waals surface area contributed by atoms with Crippen molar-refractivity contribution >= 4 is 10.0 Å². The first-order valence-electron chi connectivity index (χ1n) is 6.30. The highest BCUT2D eigenvalue weighted by Gasteiger charge is 2.17. The van der Waals surface area contributed by atoms with Crippen LogP contribution in [0.15, 0.2) is 23.1 Å². The molecule has 1 unspecified atom stereocenters. The number of methoxy groups -OCH3 is 2. The van der Waals surface area contributed by atoms with Gasteiger partial charge in [0.15, 0.2) is 0 Å². The molecule has 3 N–H and O–H groups in total. The van der Waals surface area contributed by atoms with E-state index in [4.69, 9.17) is 15.2 Å². The molecular weight excluding hydrogens is 280 g/mol. The van der Waals surface area contributed by atoms with Gasteiger partial charge >= 0.3 is 0 Å². The van der Waals surface area contributed by atoms with Crippen LogP contribution in [0.5, 0.6) is 5.75 Å². The lowest BCUT2D eigenvalue weighted by atomic mass is 10.2. The van der Waals surface area contributed by atoms with Crippen molar-refractivity contribution in [2.75, 3.05) is 27.4 Å². The van der Waals surface area contributed by atoms with Crippen LogP contribution >= 0.6 is 0 Å². The maximum Gasteiger partial charge on any atom is 0.240 e. The Labute approximate surface area is 120 Å². The van der Waals surface area contributed by atoms with Crippen LogP contribution < -0.4 is 15.2 Å². The second-order valence-electron chi connectivity index (χ2n) is 4.59. The summed E-state index contributed by atoms with van der Waals surface area (Å²) >= 11 is 0. The Kier molecular flexibility index (Phi) is 6.41. The Morgan fingerprint density at radius 1 is 1.35 bits per heavy atom. The van der Waals surface area contributed by atoms with E-state index in [1.165, 1.54) is 19.2 Å². The topological polar surface area (TPSA) is 90.6 Å². The van der Waals surface area contributed by atoms with Crippen LogP contribution in [0, 0.1) is 5.92 Å². The monoisotopic (exact) mass is 302 g/mol. The summed E-state index contributed by atoms with van der Waals surface area (Å²) in [4.78, 5) is 0.184. The highest BCUT2D eigenvalue weighted by atomic mass is 32.2. The van der Waals surface area contributed by atoms with Crippen LogP contribution in [0.3, 0.4) is 0 Å². The van der Waals surface area contributed by atoms with E-state index < -0.39 is 10.0 Å². The highest BCUT2D eigenvalue weighted by molar-refractivity contribution is 7.89. The van der Waals surface area contributed by atoms with Gasteiger partial charge in [0.1, 0.15) is 5.75 Å². The first-order chi connectivity index (χ1) is 9.44. The van der Waals surface area contributed by atoms with Crippen LogP contribution in [0.2, 0.25) is 0 Å². The quantitative estimate of drug-likeness (QED) is 0.738. The van der Waals surface area contributed by atoms with E-state index in [1.807, 2.05) is 6.92 Å². The molecule has 0 aliphatic rings. The second kappa shape index (κ2) is 7.58. The number of hydrogen-bond acceptors (Lipinski definition) is 5. The van der Waals surface area contributed by atoms with Crippen molar-refractivity contribution in [3.05, 3.63) is 23.8 Å². The van der Waals surface area contributed by atoms with E-state index in [0.717, 1.165) is 0 Å². The Bertz CT molecular complexity index is 531.